The van der Waals surface area contributed by atoms with E-state index in [4.69, 9.17) is 20.6 Å². The summed E-state index contributed by atoms with van der Waals surface area (Å²) in [7, 11) is 1.08. The standard InChI is InChI=1S/C24H22F2N4O5/c1-34-22(20-17(25)8-9-18(21(20)26)35-16-3-2-10-29-11-16)24(33)30(13-19(31)32)12-14-4-6-15(7-5-14)23(27)28/h2-11,22H,12-13H2,1H3,(H3,27,28)(H,31,32). The second kappa shape index (κ2) is 11.2. The lowest BCUT2D eigenvalue weighted by atomic mass is 10.0. The lowest BCUT2D eigenvalue weighted by molar-refractivity contribution is -0.150. The van der Waals surface area contributed by atoms with Gasteiger partial charge in [0, 0.05) is 25.4 Å². The van der Waals surface area contributed by atoms with E-state index in [1.807, 2.05) is 0 Å². The van der Waals surface area contributed by atoms with Gasteiger partial charge in [-0.3, -0.25) is 20.0 Å². The molecule has 1 unspecified atom stereocenters. The van der Waals surface area contributed by atoms with E-state index in [1.54, 1.807) is 18.2 Å². The molecule has 1 aromatic heterocycles. The smallest absolute Gasteiger partial charge is 0.323 e. The van der Waals surface area contributed by atoms with Crippen LogP contribution in [0.2, 0.25) is 0 Å². The molecule has 0 aliphatic rings. The monoisotopic (exact) mass is 484 g/mol. The number of aromatic nitrogens is 1. The summed E-state index contributed by atoms with van der Waals surface area (Å²) < 4.78 is 40.6. The lowest BCUT2D eigenvalue weighted by Gasteiger charge is -2.26. The van der Waals surface area contributed by atoms with Crippen LogP contribution >= 0.6 is 0 Å². The van der Waals surface area contributed by atoms with Crippen LogP contribution in [-0.2, 0) is 20.9 Å². The number of carbonyl (C=O) groups is 2. The Hall–Kier alpha value is -4.38. The van der Waals surface area contributed by atoms with Crippen LogP contribution in [0.1, 0.15) is 22.8 Å². The molecule has 4 N–H and O–H groups in total. The van der Waals surface area contributed by atoms with Crippen molar-refractivity contribution in [3.63, 3.8) is 0 Å². The minimum absolute atomic E-state index is 0.159. The van der Waals surface area contributed by atoms with Crippen LogP contribution in [0, 0.1) is 17.0 Å². The average molecular weight is 484 g/mol. The molecule has 3 aromatic rings. The Morgan fingerprint density at radius 3 is 2.46 bits per heavy atom. The van der Waals surface area contributed by atoms with E-state index in [9.17, 15) is 19.1 Å². The number of halogens is 2. The third-order valence-electron chi connectivity index (χ3n) is 4.95. The van der Waals surface area contributed by atoms with E-state index in [1.165, 1.54) is 30.6 Å². The Kier molecular flexibility index (Phi) is 8.05. The SMILES string of the molecule is COC(C(=O)N(CC(=O)O)Cc1ccc(C(=N)N)cc1)c1c(F)ccc(Oc2cccnc2)c1F. The summed E-state index contributed by atoms with van der Waals surface area (Å²) in [5.41, 5.74) is 5.66. The number of carboxylic acids is 1. The van der Waals surface area contributed by atoms with Crippen molar-refractivity contribution in [1.82, 2.24) is 9.88 Å². The van der Waals surface area contributed by atoms with Crippen LogP contribution in [0.25, 0.3) is 0 Å². The van der Waals surface area contributed by atoms with Crippen molar-refractivity contribution < 1.29 is 33.0 Å². The molecule has 2 aromatic carbocycles. The molecule has 0 spiro atoms. The minimum Gasteiger partial charge on any atom is -0.480 e. The van der Waals surface area contributed by atoms with Gasteiger partial charge in [-0.15, -0.1) is 0 Å². The molecular formula is C24H22F2N4O5. The lowest BCUT2D eigenvalue weighted by Crippen LogP contribution is -2.39. The van der Waals surface area contributed by atoms with Gasteiger partial charge in [0.1, 0.15) is 23.9 Å². The molecule has 0 fully saturated rings. The number of rotatable bonds is 10. The van der Waals surface area contributed by atoms with Crippen LogP contribution in [-0.4, -0.2) is 46.4 Å². The topological polar surface area (TPSA) is 139 Å². The molecule has 0 radical (unpaired) electrons. The number of nitrogens with two attached hydrogens (primary N) is 1. The molecule has 0 aliphatic heterocycles. The fourth-order valence-electron chi connectivity index (χ4n) is 3.30. The molecule has 3 rings (SSSR count). The third-order valence-corrected chi connectivity index (χ3v) is 4.95. The zero-order valence-corrected chi connectivity index (χ0v) is 18.6. The molecular weight excluding hydrogens is 462 g/mol. The molecule has 0 saturated carbocycles. The zero-order chi connectivity index (χ0) is 25.5. The predicted octanol–water partition coefficient (Wildman–Crippen LogP) is 3.24. The van der Waals surface area contributed by atoms with Crippen molar-refractivity contribution in [2.24, 2.45) is 5.73 Å². The second-order valence-electron chi connectivity index (χ2n) is 7.38. The van der Waals surface area contributed by atoms with Gasteiger partial charge in [-0.2, -0.15) is 0 Å². The first-order valence-corrected chi connectivity index (χ1v) is 10.2. The Bertz CT molecular complexity index is 1220. The highest BCUT2D eigenvalue weighted by Crippen LogP contribution is 2.33. The number of amidine groups is 1. The van der Waals surface area contributed by atoms with Crippen LogP contribution in [0.5, 0.6) is 11.5 Å². The normalized spacial score (nSPS) is 11.5. The molecule has 0 saturated heterocycles. The van der Waals surface area contributed by atoms with Crippen molar-refractivity contribution in [1.29, 1.82) is 5.41 Å². The second-order valence-corrected chi connectivity index (χ2v) is 7.38. The number of ether oxygens (including phenoxy) is 2. The number of nitrogen functional groups attached to an aromatic ring is 1. The van der Waals surface area contributed by atoms with Crippen LogP contribution < -0.4 is 10.5 Å². The number of carbonyl (C=O) groups excluding carboxylic acids is 1. The van der Waals surface area contributed by atoms with E-state index >= 15 is 4.39 Å². The summed E-state index contributed by atoms with van der Waals surface area (Å²) in [5.74, 6) is -4.88. The summed E-state index contributed by atoms with van der Waals surface area (Å²) in [5, 5.41) is 16.8. The van der Waals surface area contributed by atoms with Gasteiger partial charge in [-0.05, 0) is 29.8 Å². The maximum Gasteiger partial charge on any atom is 0.323 e. The molecule has 0 aliphatic carbocycles. The molecule has 182 valence electrons. The highest BCUT2D eigenvalue weighted by atomic mass is 19.1. The fourth-order valence-corrected chi connectivity index (χ4v) is 3.30. The molecule has 1 atom stereocenters. The summed E-state index contributed by atoms with van der Waals surface area (Å²) in [6.07, 6.45) is 1.03. The molecule has 0 bridgehead atoms. The fraction of sp³-hybridized carbons (Fsp3) is 0.167. The first-order chi connectivity index (χ1) is 16.7. The quantitative estimate of drug-likeness (QED) is 0.297. The first-order valence-electron chi connectivity index (χ1n) is 10.2. The van der Waals surface area contributed by atoms with Crippen molar-refractivity contribution in [2.75, 3.05) is 13.7 Å². The van der Waals surface area contributed by atoms with Crippen molar-refractivity contribution in [2.45, 2.75) is 12.6 Å². The molecule has 11 heteroatoms. The molecule has 1 amide bonds. The number of amides is 1. The van der Waals surface area contributed by atoms with E-state index in [-0.39, 0.29) is 23.9 Å². The number of methoxy groups -OCH3 is 1. The van der Waals surface area contributed by atoms with E-state index < -0.39 is 41.7 Å². The summed E-state index contributed by atoms with van der Waals surface area (Å²) in [6.45, 7) is -0.944. The third kappa shape index (κ3) is 6.15. The first kappa shape index (κ1) is 25.2. The van der Waals surface area contributed by atoms with Crippen LogP contribution in [0.4, 0.5) is 8.78 Å². The summed E-state index contributed by atoms with van der Waals surface area (Å²) in [6, 6.07) is 11.2. The molecule has 1 heterocycles. The Balaban J connectivity index is 1.93. The zero-order valence-electron chi connectivity index (χ0n) is 18.6. The molecule has 9 nitrogen and oxygen atoms in total. The van der Waals surface area contributed by atoms with Gasteiger partial charge in [-0.25, -0.2) is 8.78 Å². The van der Waals surface area contributed by atoms with E-state index in [0.717, 1.165) is 24.1 Å². The van der Waals surface area contributed by atoms with Crippen LogP contribution in [0.3, 0.4) is 0 Å². The van der Waals surface area contributed by atoms with Crippen molar-refractivity contribution >= 4 is 17.7 Å². The summed E-state index contributed by atoms with van der Waals surface area (Å²) in [4.78, 5) is 29.4. The minimum atomic E-state index is -1.79. The Labute approximate surface area is 199 Å². The number of hydrogen-bond acceptors (Lipinski definition) is 6. The van der Waals surface area contributed by atoms with Gasteiger partial charge >= 0.3 is 5.97 Å². The van der Waals surface area contributed by atoms with Gasteiger partial charge in [0.15, 0.2) is 17.7 Å². The maximum atomic E-state index is 15.3. The van der Waals surface area contributed by atoms with E-state index in [2.05, 4.69) is 4.98 Å². The van der Waals surface area contributed by atoms with Crippen molar-refractivity contribution in [3.05, 3.63) is 89.2 Å². The largest absolute Gasteiger partial charge is 0.480 e. The van der Waals surface area contributed by atoms with Gasteiger partial charge in [0.25, 0.3) is 5.91 Å². The highest BCUT2D eigenvalue weighted by Gasteiger charge is 2.33. The number of hydrogen-bond donors (Lipinski definition) is 3. The van der Waals surface area contributed by atoms with Gasteiger partial charge in [-0.1, -0.05) is 24.3 Å². The highest BCUT2D eigenvalue weighted by molar-refractivity contribution is 5.94. The predicted molar refractivity (Wildman–Crippen MR) is 121 cm³/mol. The number of nitrogens with one attached hydrogen (secondary N) is 1. The number of pyridine rings is 1. The Morgan fingerprint density at radius 2 is 1.89 bits per heavy atom. The van der Waals surface area contributed by atoms with E-state index in [0.29, 0.717) is 11.1 Å². The number of carboxylic acid groups (broad SMARTS) is 1. The van der Waals surface area contributed by atoms with Crippen LogP contribution in [0.15, 0.2) is 60.9 Å². The number of benzene rings is 2. The van der Waals surface area contributed by atoms with Gasteiger partial charge in [0.2, 0.25) is 0 Å². The maximum absolute atomic E-state index is 15.3. The number of nitrogens with zero attached hydrogens (tertiary/aromatic N) is 2. The van der Waals surface area contributed by atoms with Gasteiger partial charge in [0.05, 0.1) is 11.8 Å². The molecule has 35 heavy (non-hydrogen) atoms. The number of aliphatic carboxylic acids is 1. The Morgan fingerprint density at radius 1 is 1.17 bits per heavy atom. The summed E-state index contributed by atoms with van der Waals surface area (Å²) >= 11 is 0. The average Bonchev–Trinajstić information content (AvgIpc) is 2.83. The van der Waals surface area contributed by atoms with Crippen molar-refractivity contribution in [3.8, 4) is 11.5 Å². The van der Waals surface area contributed by atoms with Gasteiger partial charge < -0.3 is 25.2 Å².